The van der Waals surface area contributed by atoms with Gasteiger partial charge in [0.2, 0.25) is 0 Å². The first kappa shape index (κ1) is 16.9. The highest BCUT2D eigenvalue weighted by Gasteiger charge is 1.93. The van der Waals surface area contributed by atoms with Crippen LogP contribution in [0.15, 0.2) is 0 Å². The largest absolute Gasteiger partial charge is 0.396 e. The van der Waals surface area contributed by atoms with Gasteiger partial charge in [-0.15, -0.1) is 0 Å². The first-order valence-corrected chi connectivity index (χ1v) is 7.51. The monoisotopic (exact) mass is 244 g/mol. The van der Waals surface area contributed by atoms with Crippen molar-refractivity contribution in [2.45, 2.75) is 77.0 Å². The molecule has 17 heavy (non-hydrogen) atoms. The fourth-order valence-electron chi connectivity index (χ4n) is 2.13. The van der Waals surface area contributed by atoms with Crippen LogP contribution in [0.2, 0.25) is 0 Å². The Labute approximate surface area is 108 Å². The van der Waals surface area contributed by atoms with Crippen molar-refractivity contribution in [2.75, 3.05) is 20.3 Å². The minimum absolute atomic E-state index is 0.364. The van der Waals surface area contributed by atoms with Crippen molar-refractivity contribution in [1.82, 2.24) is 0 Å². The lowest BCUT2D eigenvalue weighted by Gasteiger charge is -2.02. The highest BCUT2D eigenvalue weighted by Crippen LogP contribution is 2.11. The van der Waals surface area contributed by atoms with Gasteiger partial charge in [0, 0.05) is 20.3 Å². The first-order chi connectivity index (χ1) is 8.41. The van der Waals surface area contributed by atoms with Crippen molar-refractivity contribution in [3.63, 3.8) is 0 Å². The Morgan fingerprint density at radius 2 is 0.941 bits per heavy atom. The van der Waals surface area contributed by atoms with Gasteiger partial charge < -0.3 is 9.84 Å². The maximum atomic E-state index is 8.64. The number of ether oxygens (including phenoxy) is 1. The number of rotatable bonds is 14. The molecule has 0 bridgehead atoms. The third-order valence-corrected chi connectivity index (χ3v) is 3.26. The van der Waals surface area contributed by atoms with Crippen molar-refractivity contribution in [2.24, 2.45) is 0 Å². The summed E-state index contributed by atoms with van der Waals surface area (Å²) in [4.78, 5) is 0. The SMILES string of the molecule is COCCCCCCCCCCCCCCO. The second kappa shape index (κ2) is 15.9. The second-order valence-corrected chi connectivity index (χ2v) is 4.96. The van der Waals surface area contributed by atoms with E-state index in [9.17, 15) is 0 Å². The van der Waals surface area contributed by atoms with Gasteiger partial charge in [-0.3, -0.25) is 0 Å². The minimum atomic E-state index is 0.364. The lowest BCUT2D eigenvalue weighted by atomic mass is 10.1. The van der Waals surface area contributed by atoms with Gasteiger partial charge in [0.25, 0.3) is 0 Å². The molecule has 0 amide bonds. The zero-order valence-electron chi connectivity index (χ0n) is 11.8. The summed E-state index contributed by atoms with van der Waals surface area (Å²) >= 11 is 0. The standard InChI is InChI=1S/C15H32O2/c1-17-15-13-11-9-7-5-3-2-4-6-8-10-12-14-16/h16H,2-15H2,1H3. The van der Waals surface area contributed by atoms with Crippen LogP contribution in [0.3, 0.4) is 0 Å². The van der Waals surface area contributed by atoms with E-state index in [2.05, 4.69) is 0 Å². The summed E-state index contributed by atoms with van der Waals surface area (Å²) in [7, 11) is 1.78. The molecule has 0 atom stereocenters. The Bertz CT molecular complexity index is 112. The number of aliphatic hydroxyl groups excluding tert-OH is 1. The molecule has 0 aliphatic carbocycles. The Balaban J connectivity index is 2.85. The highest BCUT2D eigenvalue weighted by molar-refractivity contribution is 4.48. The van der Waals surface area contributed by atoms with Crippen molar-refractivity contribution in [3.8, 4) is 0 Å². The van der Waals surface area contributed by atoms with Crippen molar-refractivity contribution in [3.05, 3.63) is 0 Å². The fourth-order valence-corrected chi connectivity index (χ4v) is 2.13. The molecule has 0 spiro atoms. The molecule has 0 aromatic heterocycles. The van der Waals surface area contributed by atoms with Gasteiger partial charge >= 0.3 is 0 Å². The van der Waals surface area contributed by atoms with Gasteiger partial charge in [0.15, 0.2) is 0 Å². The zero-order chi connectivity index (χ0) is 12.6. The van der Waals surface area contributed by atoms with Crippen LogP contribution in [0.5, 0.6) is 0 Å². The molecule has 0 aromatic rings. The van der Waals surface area contributed by atoms with Crippen LogP contribution < -0.4 is 0 Å². The second-order valence-electron chi connectivity index (χ2n) is 4.96. The lowest BCUT2D eigenvalue weighted by molar-refractivity contribution is 0.192. The smallest absolute Gasteiger partial charge is 0.0462 e. The summed E-state index contributed by atoms with van der Waals surface area (Å²) in [5, 5.41) is 8.64. The van der Waals surface area contributed by atoms with Gasteiger partial charge in [-0.2, -0.15) is 0 Å². The molecule has 0 rings (SSSR count). The molecule has 104 valence electrons. The van der Waals surface area contributed by atoms with Crippen LogP contribution >= 0.6 is 0 Å². The van der Waals surface area contributed by atoms with E-state index < -0.39 is 0 Å². The number of hydrogen-bond acceptors (Lipinski definition) is 2. The average Bonchev–Trinajstić information content (AvgIpc) is 2.35. The van der Waals surface area contributed by atoms with Crippen molar-refractivity contribution in [1.29, 1.82) is 0 Å². The molecule has 0 saturated heterocycles. The van der Waals surface area contributed by atoms with Crippen LogP contribution in [0.4, 0.5) is 0 Å². The Hall–Kier alpha value is -0.0800. The van der Waals surface area contributed by atoms with Gasteiger partial charge in [0.1, 0.15) is 0 Å². The maximum Gasteiger partial charge on any atom is 0.0462 e. The molecular formula is C15H32O2. The predicted octanol–water partition coefficient (Wildman–Crippen LogP) is 4.31. The summed E-state index contributed by atoms with van der Waals surface area (Å²) in [5.74, 6) is 0. The number of aliphatic hydroxyl groups is 1. The maximum absolute atomic E-state index is 8.64. The summed E-state index contributed by atoms with van der Waals surface area (Å²) in [6.45, 7) is 1.29. The average molecular weight is 244 g/mol. The van der Waals surface area contributed by atoms with Crippen LogP contribution in [0.25, 0.3) is 0 Å². The molecule has 2 nitrogen and oxygen atoms in total. The summed E-state index contributed by atoms with van der Waals surface area (Å²) in [6, 6.07) is 0. The van der Waals surface area contributed by atoms with Crippen molar-refractivity contribution < 1.29 is 9.84 Å². The molecule has 0 aliphatic rings. The van der Waals surface area contributed by atoms with E-state index in [1.54, 1.807) is 7.11 Å². The molecule has 0 radical (unpaired) electrons. The van der Waals surface area contributed by atoms with E-state index in [1.807, 2.05) is 0 Å². The number of unbranched alkanes of at least 4 members (excludes halogenated alkanes) is 11. The van der Waals surface area contributed by atoms with E-state index in [4.69, 9.17) is 9.84 Å². The van der Waals surface area contributed by atoms with Crippen molar-refractivity contribution >= 4 is 0 Å². The molecule has 0 fully saturated rings. The molecule has 1 N–H and O–H groups in total. The Kier molecular flexibility index (Phi) is 15.8. The van der Waals surface area contributed by atoms with E-state index in [0.29, 0.717) is 6.61 Å². The van der Waals surface area contributed by atoms with E-state index in [1.165, 1.54) is 70.6 Å². The number of methoxy groups -OCH3 is 1. The van der Waals surface area contributed by atoms with E-state index in [0.717, 1.165) is 13.0 Å². The molecular weight excluding hydrogens is 212 g/mol. The predicted molar refractivity (Wildman–Crippen MR) is 74.4 cm³/mol. The Morgan fingerprint density at radius 3 is 1.29 bits per heavy atom. The third-order valence-electron chi connectivity index (χ3n) is 3.26. The van der Waals surface area contributed by atoms with Crippen LogP contribution in [-0.4, -0.2) is 25.4 Å². The molecule has 0 heterocycles. The third kappa shape index (κ3) is 15.9. The van der Waals surface area contributed by atoms with Crippen LogP contribution in [0, 0.1) is 0 Å². The topological polar surface area (TPSA) is 29.5 Å². The van der Waals surface area contributed by atoms with Crippen LogP contribution in [-0.2, 0) is 4.74 Å². The van der Waals surface area contributed by atoms with E-state index >= 15 is 0 Å². The van der Waals surface area contributed by atoms with Crippen LogP contribution in [0.1, 0.15) is 77.0 Å². The quantitative estimate of drug-likeness (QED) is 0.461. The van der Waals surface area contributed by atoms with Gasteiger partial charge in [-0.05, 0) is 12.8 Å². The molecule has 0 unspecified atom stereocenters. The Morgan fingerprint density at radius 1 is 0.588 bits per heavy atom. The molecule has 2 heteroatoms. The van der Waals surface area contributed by atoms with Gasteiger partial charge in [0.05, 0.1) is 0 Å². The summed E-state index contributed by atoms with van der Waals surface area (Å²) in [5.41, 5.74) is 0. The summed E-state index contributed by atoms with van der Waals surface area (Å²) < 4.78 is 5.03. The fraction of sp³-hybridized carbons (Fsp3) is 1.00. The number of hydrogen-bond donors (Lipinski definition) is 1. The first-order valence-electron chi connectivity index (χ1n) is 7.51. The van der Waals surface area contributed by atoms with Gasteiger partial charge in [-0.25, -0.2) is 0 Å². The molecule has 0 saturated carbocycles. The normalized spacial score (nSPS) is 10.9. The molecule has 0 aromatic carbocycles. The lowest BCUT2D eigenvalue weighted by Crippen LogP contribution is -1.88. The van der Waals surface area contributed by atoms with Gasteiger partial charge in [-0.1, -0.05) is 64.2 Å². The summed E-state index contributed by atoms with van der Waals surface area (Å²) in [6.07, 6.45) is 15.8. The highest BCUT2D eigenvalue weighted by atomic mass is 16.5. The molecule has 0 aliphatic heterocycles. The van der Waals surface area contributed by atoms with E-state index in [-0.39, 0.29) is 0 Å². The zero-order valence-corrected chi connectivity index (χ0v) is 11.8. The minimum Gasteiger partial charge on any atom is -0.396 e.